The first-order valence-electron chi connectivity index (χ1n) is 10.6. The van der Waals surface area contributed by atoms with Crippen LogP contribution in [-0.2, 0) is 16.5 Å². The highest BCUT2D eigenvalue weighted by Gasteiger charge is 2.36. The molecule has 37 heavy (non-hydrogen) atoms. The number of anilines is 1. The number of benzene rings is 3. The van der Waals surface area contributed by atoms with Gasteiger partial charge < -0.3 is 11.1 Å². The molecule has 0 atom stereocenters. The maximum atomic E-state index is 13.4. The third-order valence-corrected chi connectivity index (χ3v) is 5.72. The van der Waals surface area contributed by atoms with E-state index in [9.17, 15) is 26.4 Å². The molecule has 1 heterocycles. The molecule has 12 heteroatoms. The zero-order chi connectivity index (χ0) is 26.7. The minimum atomic E-state index is -4.79. The molecular formula is C25H18F3N5O3S. The first-order valence-corrected chi connectivity index (χ1v) is 11.7. The molecule has 0 saturated heterocycles. The van der Waals surface area contributed by atoms with Crippen LogP contribution in [0.3, 0.4) is 0 Å². The fraction of sp³-hybridized carbons (Fsp3) is 0.0400. The highest BCUT2D eigenvalue weighted by molar-refractivity contribution is 7.71. The van der Waals surface area contributed by atoms with E-state index in [1.807, 2.05) is 0 Å². The summed E-state index contributed by atoms with van der Waals surface area (Å²) in [5.74, 6) is -1.14. The summed E-state index contributed by atoms with van der Waals surface area (Å²) in [5, 5.41) is 14.8. The minimum Gasteiger partial charge on any atom is -0.384 e. The van der Waals surface area contributed by atoms with Gasteiger partial charge in [-0.25, -0.2) is 4.68 Å². The SMILES string of the molecule is N=C(N)c1cccc(-n2nc(C(F)(F)F)cc2C(=O)Nc2ccc(-c3ccccc3C=S(=O)=O)cc2)c1. The molecule has 0 saturated carbocycles. The highest BCUT2D eigenvalue weighted by Crippen LogP contribution is 2.30. The van der Waals surface area contributed by atoms with Crippen molar-refractivity contribution in [2.24, 2.45) is 5.73 Å². The molecule has 3 aromatic carbocycles. The fourth-order valence-electron chi connectivity index (χ4n) is 3.58. The lowest BCUT2D eigenvalue weighted by Crippen LogP contribution is -2.17. The third kappa shape index (κ3) is 5.76. The number of amidine groups is 1. The second-order valence-electron chi connectivity index (χ2n) is 7.79. The lowest BCUT2D eigenvalue weighted by Gasteiger charge is -2.11. The summed E-state index contributed by atoms with van der Waals surface area (Å²) in [6.07, 6.45) is -4.79. The van der Waals surface area contributed by atoms with Gasteiger partial charge in [0.05, 0.1) is 11.1 Å². The number of aromatic nitrogens is 2. The summed E-state index contributed by atoms with van der Waals surface area (Å²) in [6, 6.07) is 19.6. The van der Waals surface area contributed by atoms with Gasteiger partial charge in [-0.05, 0) is 41.0 Å². The summed E-state index contributed by atoms with van der Waals surface area (Å²) >= 11 is 0. The predicted octanol–water partition coefficient (Wildman–Crippen LogP) is 4.12. The van der Waals surface area contributed by atoms with E-state index in [4.69, 9.17) is 11.1 Å². The molecule has 188 valence electrons. The van der Waals surface area contributed by atoms with Gasteiger partial charge in [-0.15, -0.1) is 0 Å². The average molecular weight is 526 g/mol. The molecule has 0 fully saturated rings. The van der Waals surface area contributed by atoms with Crippen molar-refractivity contribution in [3.63, 3.8) is 0 Å². The summed E-state index contributed by atoms with van der Waals surface area (Å²) in [4.78, 5) is 13.0. The van der Waals surface area contributed by atoms with Crippen LogP contribution in [0.4, 0.5) is 18.9 Å². The molecule has 4 N–H and O–H groups in total. The standard InChI is InChI=1S/C25H18F3N5O3S/c26-25(27,28)22-13-21(33(32-22)19-6-3-5-16(12-19)23(29)30)24(34)31-18-10-8-15(9-11-18)20-7-2-1-4-17(20)14-37(35)36/h1-14H,(H3,29,30)(H,31,34). The van der Waals surface area contributed by atoms with E-state index < -0.39 is 28.1 Å². The number of nitrogens with one attached hydrogen (secondary N) is 2. The second kappa shape index (κ2) is 10.1. The molecule has 8 nitrogen and oxygen atoms in total. The number of hydrogen-bond acceptors (Lipinski definition) is 5. The Balaban J connectivity index is 1.67. The number of amides is 1. The number of carbonyl (C=O) groups excluding carboxylic acids is 1. The third-order valence-electron chi connectivity index (χ3n) is 5.27. The maximum absolute atomic E-state index is 13.4. The zero-order valence-electron chi connectivity index (χ0n) is 18.8. The molecule has 4 aromatic rings. The van der Waals surface area contributed by atoms with E-state index in [1.54, 1.807) is 48.5 Å². The van der Waals surface area contributed by atoms with Crippen LogP contribution < -0.4 is 11.1 Å². The molecule has 0 radical (unpaired) electrons. The second-order valence-corrected chi connectivity index (χ2v) is 8.54. The number of hydrogen-bond donors (Lipinski definition) is 3. The number of alkyl halides is 3. The van der Waals surface area contributed by atoms with Crippen LogP contribution in [0.5, 0.6) is 0 Å². The van der Waals surface area contributed by atoms with E-state index >= 15 is 0 Å². The Hall–Kier alpha value is -4.71. The van der Waals surface area contributed by atoms with Gasteiger partial charge in [0.2, 0.25) is 10.3 Å². The fourth-order valence-corrected chi connectivity index (χ4v) is 3.99. The number of carbonyl (C=O) groups is 1. The first-order chi connectivity index (χ1) is 17.5. The van der Waals surface area contributed by atoms with Crippen LogP contribution in [0.15, 0.2) is 78.9 Å². The van der Waals surface area contributed by atoms with Crippen molar-refractivity contribution in [3.8, 4) is 16.8 Å². The van der Waals surface area contributed by atoms with E-state index in [0.717, 1.165) is 10.0 Å². The van der Waals surface area contributed by atoms with E-state index in [2.05, 4.69) is 10.4 Å². The Labute approximate surface area is 210 Å². The van der Waals surface area contributed by atoms with Crippen LogP contribution in [0, 0.1) is 5.41 Å². The van der Waals surface area contributed by atoms with Crippen molar-refractivity contribution >= 4 is 33.1 Å². The lowest BCUT2D eigenvalue weighted by molar-refractivity contribution is -0.141. The van der Waals surface area contributed by atoms with Gasteiger partial charge in [-0.3, -0.25) is 10.2 Å². The summed E-state index contributed by atoms with van der Waals surface area (Å²) in [6.45, 7) is 0. The van der Waals surface area contributed by atoms with Crippen molar-refractivity contribution in [2.45, 2.75) is 6.18 Å². The summed E-state index contributed by atoms with van der Waals surface area (Å²) < 4.78 is 63.3. The summed E-state index contributed by atoms with van der Waals surface area (Å²) in [7, 11) is -2.40. The van der Waals surface area contributed by atoms with Crippen molar-refractivity contribution in [1.29, 1.82) is 5.41 Å². The van der Waals surface area contributed by atoms with Gasteiger partial charge in [-0.2, -0.15) is 26.7 Å². The highest BCUT2D eigenvalue weighted by atomic mass is 32.2. The number of nitrogens with two attached hydrogens (primary N) is 1. The van der Waals surface area contributed by atoms with Gasteiger partial charge in [-0.1, -0.05) is 48.5 Å². The van der Waals surface area contributed by atoms with Crippen molar-refractivity contribution in [1.82, 2.24) is 9.78 Å². The molecule has 0 aliphatic heterocycles. The maximum Gasteiger partial charge on any atom is 0.435 e. The van der Waals surface area contributed by atoms with Crippen molar-refractivity contribution in [2.75, 3.05) is 5.32 Å². The van der Waals surface area contributed by atoms with Crippen molar-refractivity contribution < 1.29 is 26.4 Å². The molecule has 0 bridgehead atoms. The topological polar surface area (TPSA) is 131 Å². The number of rotatable bonds is 6. The Morgan fingerprint density at radius 2 is 1.70 bits per heavy atom. The predicted molar refractivity (Wildman–Crippen MR) is 133 cm³/mol. The van der Waals surface area contributed by atoms with Crippen molar-refractivity contribution in [3.05, 3.63) is 101 Å². The van der Waals surface area contributed by atoms with Gasteiger partial charge >= 0.3 is 6.18 Å². The Morgan fingerprint density at radius 3 is 2.35 bits per heavy atom. The lowest BCUT2D eigenvalue weighted by atomic mass is 10.0. The largest absolute Gasteiger partial charge is 0.435 e. The van der Waals surface area contributed by atoms with E-state index in [1.165, 1.54) is 24.3 Å². The molecule has 0 aliphatic carbocycles. The van der Waals surface area contributed by atoms with Crippen LogP contribution in [-0.4, -0.2) is 35.3 Å². The van der Waals surface area contributed by atoms with Crippen LogP contribution in [0.25, 0.3) is 16.8 Å². The Kier molecular flexibility index (Phi) is 6.94. The van der Waals surface area contributed by atoms with Gasteiger partial charge in [0.1, 0.15) is 11.5 Å². The Morgan fingerprint density at radius 1 is 1.00 bits per heavy atom. The van der Waals surface area contributed by atoms with Crippen LogP contribution in [0.1, 0.15) is 27.3 Å². The van der Waals surface area contributed by atoms with Gasteiger partial charge in [0.25, 0.3) is 5.91 Å². The quantitative estimate of drug-likeness (QED) is 0.198. The monoisotopic (exact) mass is 525 g/mol. The number of nitrogen functional groups attached to an aromatic ring is 1. The van der Waals surface area contributed by atoms with E-state index in [0.29, 0.717) is 28.4 Å². The number of nitrogens with zero attached hydrogens (tertiary/aromatic N) is 2. The minimum absolute atomic E-state index is 0.118. The molecule has 0 spiro atoms. The normalized spacial score (nSPS) is 11.1. The molecule has 1 amide bonds. The molecule has 0 unspecified atom stereocenters. The van der Waals surface area contributed by atoms with Crippen LogP contribution in [0.2, 0.25) is 0 Å². The Bertz CT molecular complexity index is 1630. The zero-order valence-corrected chi connectivity index (χ0v) is 19.6. The summed E-state index contributed by atoms with van der Waals surface area (Å²) in [5.41, 5.74) is 6.29. The first kappa shape index (κ1) is 25.4. The van der Waals surface area contributed by atoms with Gasteiger partial charge in [0.15, 0.2) is 5.69 Å². The molecular weight excluding hydrogens is 507 g/mol. The number of halogens is 3. The van der Waals surface area contributed by atoms with Gasteiger partial charge in [0, 0.05) is 17.3 Å². The molecule has 0 aliphatic rings. The molecule has 1 aromatic heterocycles. The van der Waals surface area contributed by atoms with E-state index in [-0.39, 0.29) is 22.8 Å². The smallest absolute Gasteiger partial charge is 0.384 e. The average Bonchev–Trinajstić information content (AvgIpc) is 3.31. The molecule has 4 rings (SSSR count). The van der Waals surface area contributed by atoms with Crippen LogP contribution >= 0.6 is 0 Å².